The zero-order valence-corrected chi connectivity index (χ0v) is 15.4. The van der Waals surface area contributed by atoms with Gasteiger partial charge in [0.05, 0.1) is 6.61 Å². The Balaban J connectivity index is 2.12. The first-order valence-corrected chi connectivity index (χ1v) is 8.63. The van der Waals surface area contributed by atoms with Crippen LogP contribution in [0.25, 0.3) is 6.08 Å². The van der Waals surface area contributed by atoms with Gasteiger partial charge in [-0.25, -0.2) is 4.79 Å². The molecule has 1 aliphatic heterocycles. The van der Waals surface area contributed by atoms with Crippen LogP contribution in [-0.4, -0.2) is 37.5 Å². The molecule has 7 heteroatoms. The second-order valence-corrected chi connectivity index (χ2v) is 5.85. The van der Waals surface area contributed by atoms with Gasteiger partial charge in [-0.3, -0.25) is 4.79 Å². The molecule has 0 spiro atoms. The minimum absolute atomic E-state index is 0.00788. The Labute approximate surface area is 157 Å². The van der Waals surface area contributed by atoms with E-state index in [0.29, 0.717) is 17.0 Å². The van der Waals surface area contributed by atoms with Gasteiger partial charge in [0.25, 0.3) is 0 Å². The Morgan fingerprint density at radius 1 is 1.31 bits per heavy atom. The first-order valence-electron chi connectivity index (χ1n) is 8.25. The van der Waals surface area contributed by atoms with E-state index in [-0.39, 0.29) is 19.0 Å². The fraction of sp³-hybridized carbons (Fsp3) is 0.368. The highest BCUT2D eigenvalue weighted by Gasteiger charge is 2.24. The van der Waals surface area contributed by atoms with Crippen molar-refractivity contribution in [2.45, 2.75) is 32.7 Å². The van der Waals surface area contributed by atoms with Crippen molar-refractivity contribution < 1.29 is 28.5 Å². The van der Waals surface area contributed by atoms with E-state index in [9.17, 15) is 9.59 Å². The largest absolute Gasteiger partial charge is 0.463 e. The molecular weight excluding hydrogens is 360 g/mol. The molecule has 26 heavy (non-hydrogen) atoms. The maximum atomic E-state index is 12.2. The molecule has 0 saturated heterocycles. The molecule has 2 rings (SSSR count). The van der Waals surface area contributed by atoms with E-state index in [0.717, 1.165) is 0 Å². The molecule has 0 N–H and O–H groups in total. The van der Waals surface area contributed by atoms with Gasteiger partial charge in [-0.15, -0.1) is 0 Å². The van der Waals surface area contributed by atoms with Crippen LogP contribution in [0.2, 0.25) is 5.02 Å². The fourth-order valence-electron chi connectivity index (χ4n) is 2.23. The first-order chi connectivity index (χ1) is 12.5. The third-order valence-electron chi connectivity index (χ3n) is 3.38. The molecule has 0 saturated carbocycles. The smallest absolute Gasteiger partial charge is 0.373 e. The van der Waals surface area contributed by atoms with Crippen LogP contribution in [0, 0.1) is 0 Å². The summed E-state index contributed by atoms with van der Waals surface area (Å²) in [5.41, 5.74) is 0.625. The normalized spacial score (nSPS) is 19.7. The lowest BCUT2D eigenvalue weighted by Crippen LogP contribution is -2.31. The van der Waals surface area contributed by atoms with Crippen LogP contribution in [0.15, 0.2) is 42.2 Å². The molecule has 140 valence electrons. The van der Waals surface area contributed by atoms with Crippen molar-refractivity contribution in [2.75, 3.05) is 13.2 Å². The van der Waals surface area contributed by atoms with E-state index < -0.39 is 24.3 Å². The SMILES string of the molecule is CCOC(=O)C(=Cc1ccccc1Cl)O[C@@H]1CC=C[C@@H](COC(C)=O)O1. The highest BCUT2D eigenvalue weighted by Crippen LogP contribution is 2.22. The topological polar surface area (TPSA) is 71.1 Å². The molecule has 1 aliphatic rings. The summed E-state index contributed by atoms with van der Waals surface area (Å²) in [6.45, 7) is 3.32. The highest BCUT2D eigenvalue weighted by atomic mass is 35.5. The lowest BCUT2D eigenvalue weighted by atomic mass is 10.2. The number of esters is 2. The molecule has 0 radical (unpaired) electrons. The van der Waals surface area contributed by atoms with E-state index in [1.54, 1.807) is 37.3 Å². The molecule has 0 fully saturated rings. The summed E-state index contributed by atoms with van der Waals surface area (Å²) in [6.07, 6.45) is 4.43. The quantitative estimate of drug-likeness (QED) is 0.312. The van der Waals surface area contributed by atoms with Crippen LogP contribution in [-0.2, 0) is 28.5 Å². The van der Waals surface area contributed by atoms with E-state index in [2.05, 4.69) is 0 Å². The van der Waals surface area contributed by atoms with Gasteiger partial charge >= 0.3 is 11.9 Å². The Kier molecular flexibility index (Phi) is 7.69. The molecule has 2 atom stereocenters. The van der Waals surface area contributed by atoms with Gasteiger partial charge in [0, 0.05) is 18.4 Å². The molecular formula is C19H21ClO6. The van der Waals surface area contributed by atoms with Gasteiger partial charge in [-0.05, 0) is 24.6 Å². The molecule has 0 aliphatic carbocycles. The average molecular weight is 381 g/mol. The minimum atomic E-state index is -0.710. The molecule has 0 amide bonds. The number of carbonyl (C=O) groups is 2. The lowest BCUT2D eigenvalue weighted by molar-refractivity contribution is -0.172. The Hall–Kier alpha value is -2.31. The van der Waals surface area contributed by atoms with E-state index in [1.807, 2.05) is 6.08 Å². The van der Waals surface area contributed by atoms with E-state index >= 15 is 0 Å². The fourth-order valence-corrected chi connectivity index (χ4v) is 2.42. The second-order valence-electron chi connectivity index (χ2n) is 5.44. The maximum Gasteiger partial charge on any atom is 0.373 e. The number of rotatable bonds is 7. The predicted molar refractivity (Wildman–Crippen MR) is 96.2 cm³/mol. The van der Waals surface area contributed by atoms with Gasteiger partial charge in [0.1, 0.15) is 12.7 Å². The first kappa shape index (κ1) is 20.0. The van der Waals surface area contributed by atoms with Crippen molar-refractivity contribution in [1.82, 2.24) is 0 Å². The van der Waals surface area contributed by atoms with Gasteiger partial charge < -0.3 is 18.9 Å². The van der Waals surface area contributed by atoms with Crippen molar-refractivity contribution in [3.05, 3.63) is 52.8 Å². The molecule has 6 nitrogen and oxygen atoms in total. The minimum Gasteiger partial charge on any atom is -0.463 e. The van der Waals surface area contributed by atoms with Crippen molar-refractivity contribution in [2.24, 2.45) is 0 Å². The number of benzene rings is 1. The summed E-state index contributed by atoms with van der Waals surface area (Å²) in [5.74, 6) is -1.01. The summed E-state index contributed by atoms with van der Waals surface area (Å²) in [5, 5.41) is 0.482. The monoisotopic (exact) mass is 380 g/mol. The number of carbonyl (C=O) groups excluding carboxylic acids is 2. The van der Waals surface area contributed by atoms with Gasteiger partial charge in [-0.2, -0.15) is 0 Å². The van der Waals surface area contributed by atoms with Crippen LogP contribution in [0.1, 0.15) is 25.8 Å². The number of hydrogen-bond donors (Lipinski definition) is 0. The van der Waals surface area contributed by atoms with Crippen LogP contribution in [0.4, 0.5) is 0 Å². The van der Waals surface area contributed by atoms with Gasteiger partial charge in [0.15, 0.2) is 0 Å². The third-order valence-corrected chi connectivity index (χ3v) is 3.73. The Bertz CT molecular complexity index is 697. The average Bonchev–Trinajstić information content (AvgIpc) is 2.62. The second kappa shape index (κ2) is 9.99. The van der Waals surface area contributed by atoms with Gasteiger partial charge in [0.2, 0.25) is 12.0 Å². The van der Waals surface area contributed by atoms with Crippen LogP contribution in [0.5, 0.6) is 0 Å². The maximum absolute atomic E-state index is 12.2. The molecule has 0 aromatic heterocycles. The Morgan fingerprint density at radius 2 is 2.08 bits per heavy atom. The standard InChI is InChI=1S/C19H21ClO6/c1-3-23-19(22)17(11-14-7-4-5-9-16(14)20)26-18-10-6-8-15(25-18)12-24-13(2)21/h4-9,11,15,18H,3,10,12H2,1-2H3/t15-,18+/m0/s1. The van der Waals surface area contributed by atoms with Crippen LogP contribution < -0.4 is 0 Å². The van der Waals surface area contributed by atoms with Crippen molar-refractivity contribution in [3.63, 3.8) is 0 Å². The van der Waals surface area contributed by atoms with Crippen LogP contribution in [0.3, 0.4) is 0 Å². The van der Waals surface area contributed by atoms with E-state index in [4.69, 9.17) is 30.5 Å². The van der Waals surface area contributed by atoms with Gasteiger partial charge in [-0.1, -0.05) is 42.0 Å². The van der Waals surface area contributed by atoms with E-state index in [1.165, 1.54) is 13.0 Å². The molecule has 1 aromatic rings. The number of ether oxygens (including phenoxy) is 4. The lowest BCUT2D eigenvalue weighted by Gasteiger charge is -2.26. The number of halogens is 1. The zero-order chi connectivity index (χ0) is 18.9. The van der Waals surface area contributed by atoms with Crippen molar-refractivity contribution >= 4 is 29.6 Å². The molecule has 1 aromatic carbocycles. The summed E-state index contributed by atoms with van der Waals surface area (Å²) < 4.78 is 21.4. The Morgan fingerprint density at radius 3 is 2.77 bits per heavy atom. The molecule has 0 bridgehead atoms. The summed E-state index contributed by atoms with van der Waals surface area (Å²) in [6, 6.07) is 7.07. The summed E-state index contributed by atoms with van der Waals surface area (Å²) >= 11 is 6.14. The third kappa shape index (κ3) is 6.20. The number of hydrogen-bond acceptors (Lipinski definition) is 6. The highest BCUT2D eigenvalue weighted by molar-refractivity contribution is 6.32. The molecule has 1 heterocycles. The van der Waals surface area contributed by atoms with Crippen molar-refractivity contribution in [3.8, 4) is 0 Å². The zero-order valence-electron chi connectivity index (χ0n) is 14.6. The molecule has 0 unspecified atom stereocenters. The van der Waals surface area contributed by atoms with Crippen molar-refractivity contribution in [1.29, 1.82) is 0 Å². The summed E-state index contributed by atoms with van der Waals surface area (Å²) in [4.78, 5) is 23.2. The van der Waals surface area contributed by atoms with Crippen LogP contribution >= 0.6 is 11.6 Å². The predicted octanol–water partition coefficient (Wildman–Crippen LogP) is 3.49. The summed E-state index contributed by atoms with van der Waals surface area (Å²) in [7, 11) is 0.